The van der Waals surface area contributed by atoms with Crippen LogP contribution in [-0.4, -0.2) is 22.9 Å². The van der Waals surface area contributed by atoms with E-state index in [0.717, 1.165) is 28.6 Å². The van der Waals surface area contributed by atoms with Crippen molar-refractivity contribution in [2.24, 2.45) is 0 Å². The summed E-state index contributed by atoms with van der Waals surface area (Å²) in [6.07, 6.45) is 1.52. The number of aryl methyl sites for hydroxylation is 1. The van der Waals surface area contributed by atoms with Crippen molar-refractivity contribution in [2.45, 2.75) is 34.6 Å². The van der Waals surface area contributed by atoms with E-state index in [2.05, 4.69) is 25.9 Å². The summed E-state index contributed by atoms with van der Waals surface area (Å²) in [7, 11) is 1.84. The molecule has 1 amide bonds. The lowest BCUT2D eigenvalue weighted by Crippen LogP contribution is -2.11. The standard InChI is InChI=1S/C19H19N5O.2C2H6.3H2/c1-13-11-18(22-12-21-13)23-16-7-9-17(10-8-16)24-19(25)14-3-5-15(20-2)6-4-14;2*1-2;;;/h3-12,20H,1-2H3,(H,24,25)(H,21,22,23);2*1-2H3;3*1H. The molecular formula is C23H37N5O. The molecule has 6 nitrogen and oxygen atoms in total. The maximum absolute atomic E-state index is 12.3. The normalized spacial score (nSPS) is 9.17. The van der Waals surface area contributed by atoms with Gasteiger partial charge in [0, 0.05) is 45.7 Å². The van der Waals surface area contributed by atoms with Gasteiger partial charge in [-0.15, -0.1) is 0 Å². The van der Waals surface area contributed by atoms with Crippen LogP contribution >= 0.6 is 0 Å². The Bertz CT molecular complexity index is 876. The molecule has 0 aliphatic rings. The molecule has 0 atom stereocenters. The lowest BCUT2D eigenvalue weighted by atomic mass is 10.2. The zero-order valence-corrected chi connectivity index (χ0v) is 18.1. The van der Waals surface area contributed by atoms with Gasteiger partial charge in [-0.05, 0) is 55.5 Å². The van der Waals surface area contributed by atoms with Gasteiger partial charge < -0.3 is 16.0 Å². The van der Waals surface area contributed by atoms with E-state index in [1.807, 2.05) is 84.1 Å². The molecule has 2 aromatic carbocycles. The highest BCUT2D eigenvalue weighted by Crippen LogP contribution is 2.18. The molecule has 0 saturated heterocycles. The number of hydrogen-bond acceptors (Lipinski definition) is 5. The third kappa shape index (κ3) is 7.62. The van der Waals surface area contributed by atoms with E-state index in [4.69, 9.17) is 0 Å². The van der Waals surface area contributed by atoms with Crippen LogP contribution < -0.4 is 16.0 Å². The molecule has 0 aliphatic heterocycles. The van der Waals surface area contributed by atoms with Crippen LogP contribution in [-0.2, 0) is 0 Å². The molecule has 0 bridgehead atoms. The minimum absolute atomic E-state index is 0. The molecular weight excluding hydrogens is 362 g/mol. The van der Waals surface area contributed by atoms with Gasteiger partial charge in [0.05, 0.1) is 0 Å². The monoisotopic (exact) mass is 399 g/mol. The van der Waals surface area contributed by atoms with Crippen LogP contribution in [0.25, 0.3) is 0 Å². The Kier molecular flexibility index (Phi) is 10.5. The molecule has 0 fully saturated rings. The fourth-order valence-electron chi connectivity index (χ4n) is 2.30. The summed E-state index contributed by atoms with van der Waals surface area (Å²) in [4.78, 5) is 20.5. The fraction of sp³-hybridized carbons (Fsp3) is 0.261. The second kappa shape index (κ2) is 12.9. The molecule has 0 unspecified atom stereocenters. The maximum atomic E-state index is 12.3. The van der Waals surface area contributed by atoms with Crippen molar-refractivity contribution in [2.75, 3.05) is 23.0 Å². The summed E-state index contributed by atoms with van der Waals surface area (Å²) in [5.74, 6) is 0.587. The lowest BCUT2D eigenvalue weighted by molar-refractivity contribution is 0.102. The van der Waals surface area contributed by atoms with Crippen molar-refractivity contribution in [1.82, 2.24) is 9.97 Å². The molecule has 29 heavy (non-hydrogen) atoms. The van der Waals surface area contributed by atoms with E-state index < -0.39 is 0 Å². The van der Waals surface area contributed by atoms with Crippen LogP contribution in [0.3, 0.4) is 0 Å². The Morgan fingerprint density at radius 2 is 1.38 bits per heavy atom. The minimum Gasteiger partial charge on any atom is -0.388 e. The van der Waals surface area contributed by atoms with E-state index in [9.17, 15) is 4.79 Å². The molecule has 1 aromatic heterocycles. The van der Waals surface area contributed by atoms with Crippen LogP contribution in [0, 0.1) is 6.92 Å². The quantitative estimate of drug-likeness (QED) is 0.450. The van der Waals surface area contributed by atoms with Crippen LogP contribution in [0.2, 0.25) is 0 Å². The summed E-state index contributed by atoms with van der Waals surface area (Å²) in [6.45, 7) is 9.91. The van der Waals surface area contributed by atoms with Gasteiger partial charge >= 0.3 is 0 Å². The number of hydrogen-bond donors (Lipinski definition) is 3. The van der Waals surface area contributed by atoms with E-state index in [-0.39, 0.29) is 10.2 Å². The molecule has 0 aliphatic carbocycles. The Morgan fingerprint density at radius 1 is 0.828 bits per heavy atom. The number of rotatable bonds is 5. The SMILES string of the molecule is CC.CC.CNc1ccc(C(=O)Nc2ccc(Nc3cc(C)ncn3)cc2)cc1.[HH].[HH].[HH]. The maximum Gasteiger partial charge on any atom is 0.255 e. The van der Waals surface area contributed by atoms with E-state index in [1.165, 1.54) is 6.33 Å². The predicted molar refractivity (Wildman–Crippen MR) is 129 cm³/mol. The van der Waals surface area contributed by atoms with Crippen molar-refractivity contribution >= 4 is 28.8 Å². The minimum atomic E-state index is -0.144. The van der Waals surface area contributed by atoms with Gasteiger partial charge in [-0.25, -0.2) is 9.97 Å². The van der Waals surface area contributed by atoms with Crippen LogP contribution in [0.1, 0.15) is 48.0 Å². The highest BCUT2D eigenvalue weighted by molar-refractivity contribution is 6.04. The Labute approximate surface area is 178 Å². The Morgan fingerprint density at radius 3 is 1.93 bits per heavy atom. The molecule has 6 heteroatoms. The van der Waals surface area contributed by atoms with Gasteiger partial charge in [0.15, 0.2) is 0 Å². The molecule has 3 aromatic rings. The molecule has 1 heterocycles. The van der Waals surface area contributed by atoms with Crippen LogP contribution in [0.4, 0.5) is 22.9 Å². The van der Waals surface area contributed by atoms with Crippen molar-refractivity contribution in [3.63, 3.8) is 0 Å². The average Bonchev–Trinajstić information content (AvgIpc) is 2.78. The Hall–Kier alpha value is -3.41. The number of nitrogens with one attached hydrogen (secondary N) is 3. The first kappa shape index (κ1) is 23.6. The van der Waals surface area contributed by atoms with E-state index in [1.54, 1.807) is 12.1 Å². The molecule has 160 valence electrons. The van der Waals surface area contributed by atoms with Gasteiger partial charge in [0.1, 0.15) is 12.1 Å². The molecule has 3 N–H and O–H groups in total. The predicted octanol–water partition coefficient (Wildman–Crippen LogP) is 6.61. The number of nitrogens with zero attached hydrogens (tertiary/aromatic N) is 2. The van der Waals surface area contributed by atoms with Crippen molar-refractivity contribution in [3.05, 3.63) is 72.2 Å². The topological polar surface area (TPSA) is 78.9 Å². The highest BCUT2D eigenvalue weighted by atomic mass is 16.1. The van der Waals surface area contributed by atoms with Gasteiger partial charge in [-0.1, -0.05) is 27.7 Å². The lowest BCUT2D eigenvalue weighted by Gasteiger charge is -2.09. The zero-order valence-electron chi connectivity index (χ0n) is 18.1. The van der Waals surface area contributed by atoms with Gasteiger partial charge in [-0.2, -0.15) is 0 Å². The summed E-state index contributed by atoms with van der Waals surface area (Å²) in [6, 6.07) is 16.6. The first-order chi connectivity index (χ1) is 14.1. The third-order valence-corrected chi connectivity index (χ3v) is 3.65. The summed E-state index contributed by atoms with van der Waals surface area (Å²) < 4.78 is 0. The second-order valence-corrected chi connectivity index (χ2v) is 5.53. The van der Waals surface area contributed by atoms with E-state index in [0.29, 0.717) is 5.56 Å². The summed E-state index contributed by atoms with van der Waals surface area (Å²) in [5.41, 5.74) is 4.08. The van der Waals surface area contributed by atoms with Crippen LogP contribution in [0.15, 0.2) is 60.9 Å². The number of carbonyl (C=O) groups excluding carboxylic acids is 1. The van der Waals surface area contributed by atoms with E-state index >= 15 is 0 Å². The highest BCUT2D eigenvalue weighted by Gasteiger charge is 2.06. The Balaban J connectivity index is -0.00000114. The van der Waals surface area contributed by atoms with Gasteiger partial charge in [0.25, 0.3) is 5.91 Å². The average molecular weight is 400 g/mol. The first-order valence-corrected chi connectivity index (χ1v) is 9.89. The summed E-state index contributed by atoms with van der Waals surface area (Å²) in [5, 5.41) is 9.11. The van der Waals surface area contributed by atoms with Gasteiger partial charge in [0.2, 0.25) is 0 Å². The summed E-state index contributed by atoms with van der Waals surface area (Å²) >= 11 is 0. The number of anilines is 4. The smallest absolute Gasteiger partial charge is 0.255 e. The largest absolute Gasteiger partial charge is 0.388 e. The molecule has 3 rings (SSSR count). The van der Waals surface area contributed by atoms with Crippen LogP contribution in [0.5, 0.6) is 0 Å². The second-order valence-electron chi connectivity index (χ2n) is 5.53. The number of benzene rings is 2. The number of amides is 1. The fourth-order valence-corrected chi connectivity index (χ4v) is 2.30. The number of carbonyl (C=O) groups is 1. The van der Waals surface area contributed by atoms with Gasteiger partial charge in [-0.3, -0.25) is 4.79 Å². The first-order valence-electron chi connectivity index (χ1n) is 9.89. The van der Waals surface area contributed by atoms with Crippen molar-refractivity contribution in [1.29, 1.82) is 0 Å². The van der Waals surface area contributed by atoms with Crippen molar-refractivity contribution < 1.29 is 9.07 Å². The van der Waals surface area contributed by atoms with Crippen molar-refractivity contribution in [3.8, 4) is 0 Å². The third-order valence-electron chi connectivity index (χ3n) is 3.65. The molecule has 0 spiro atoms. The number of aromatic nitrogens is 2. The zero-order chi connectivity index (χ0) is 21.6. The molecule has 0 saturated carbocycles. The molecule has 0 radical (unpaired) electrons.